The number of furan rings is 1. The molecule has 1 aromatic heterocycles. The van der Waals surface area contributed by atoms with Crippen molar-refractivity contribution in [3.8, 4) is 0 Å². The summed E-state index contributed by atoms with van der Waals surface area (Å²) in [5.41, 5.74) is 0.466. The van der Waals surface area contributed by atoms with E-state index in [-0.39, 0.29) is 0 Å². The first kappa shape index (κ1) is 7.63. The average Bonchev–Trinajstić information content (AvgIpc) is 2.62. The van der Waals surface area contributed by atoms with Crippen LogP contribution in [0.25, 0.3) is 0 Å². The second kappa shape index (κ2) is 2.38. The van der Waals surface area contributed by atoms with Crippen LogP contribution < -0.4 is 0 Å². The Morgan fingerprint density at radius 1 is 1.31 bits per heavy atom. The van der Waals surface area contributed by atoms with E-state index in [2.05, 4.69) is 0 Å². The van der Waals surface area contributed by atoms with E-state index in [1.165, 1.54) is 25.7 Å². The first-order valence-electron chi connectivity index (χ1n) is 5.08. The van der Waals surface area contributed by atoms with Crippen LogP contribution in [0.1, 0.15) is 31.2 Å². The predicted molar refractivity (Wildman–Crippen MR) is 48.1 cm³/mol. The Labute approximate surface area is 77.6 Å². The van der Waals surface area contributed by atoms with Crippen LogP contribution in [0.2, 0.25) is 0 Å². The molecule has 2 saturated carbocycles. The highest BCUT2D eigenvalue weighted by Gasteiger charge is 2.64. The lowest BCUT2D eigenvalue weighted by Gasteiger charge is -2.05. The summed E-state index contributed by atoms with van der Waals surface area (Å²) in [6.07, 6.45) is 8.28. The topological polar surface area (TPSA) is 33.4 Å². The molecule has 3 rings (SSSR count). The molecule has 2 aliphatic carbocycles. The molecule has 0 aromatic carbocycles. The summed E-state index contributed by atoms with van der Waals surface area (Å²) in [6.45, 7) is 0. The molecule has 70 valence electrons. The lowest BCUT2D eigenvalue weighted by Crippen LogP contribution is -2.08. The highest BCUT2D eigenvalue weighted by atomic mass is 16.3. The van der Waals surface area contributed by atoms with Crippen molar-refractivity contribution in [1.29, 1.82) is 0 Å². The van der Waals surface area contributed by atoms with Crippen molar-refractivity contribution in [3.05, 3.63) is 24.2 Å². The fourth-order valence-electron chi connectivity index (χ4n) is 3.01. The smallest absolute Gasteiger partial charge is 0.0991 e. The van der Waals surface area contributed by atoms with E-state index in [4.69, 9.17) is 4.42 Å². The highest BCUT2D eigenvalue weighted by molar-refractivity contribution is 5.29. The van der Waals surface area contributed by atoms with E-state index < -0.39 is 5.60 Å². The van der Waals surface area contributed by atoms with Gasteiger partial charge >= 0.3 is 0 Å². The Kier molecular flexibility index (Phi) is 1.40. The molecule has 1 aromatic rings. The zero-order chi connectivity index (χ0) is 8.89. The maximum Gasteiger partial charge on any atom is 0.0991 e. The second-order valence-electron chi connectivity index (χ2n) is 4.33. The molecule has 2 nitrogen and oxygen atoms in total. The van der Waals surface area contributed by atoms with Crippen LogP contribution in [0.3, 0.4) is 0 Å². The van der Waals surface area contributed by atoms with E-state index in [1.807, 2.05) is 6.07 Å². The standard InChI is InChI=1S/C11H14O2/c12-11(8-5-6-13-7-8)9-3-1-2-4-10(9)11/h5-7,9-10,12H,1-4H2. The van der Waals surface area contributed by atoms with E-state index >= 15 is 0 Å². The van der Waals surface area contributed by atoms with Crippen LogP contribution in [0.4, 0.5) is 0 Å². The van der Waals surface area contributed by atoms with Gasteiger partial charge in [-0.3, -0.25) is 0 Å². The van der Waals surface area contributed by atoms with Crippen LogP contribution in [0, 0.1) is 11.8 Å². The van der Waals surface area contributed by atoms with E-state index in [0.29, 0.717) is 11.8 Å². The van der Waals surface area contributed by atoms with Crippen molar-refractivity contribution in [2.75, 3.05) is 0 Å². The van der Waals surface area contributed by atoms with Crippen LogP contribution >= 0.6 is 0 Å². The zero-order valence-electron chi connectivity index (χ0n) is 7.57. The van der Waals surface area contributed by atoms with Gasteiger partial charge in [0.15, 0.2) is 0 Å². The lowest BCUT2D eigenvalue weighted by atomic mass is 10.0. The quantitative estimate of drug-likeness (QED) is 0.715. The summed E-state index contributed by atoms with van der Waals surface area (Å²) in [7, 11) is 0. The minimum absolute atomic E-state index is 0.513. The monoisotopic (exact) mass is 178 g/mol. The Balaban J connectivity index is 1.92. The minimum Gasteiger partial charge on any atom is -0.472 e. The fraction of sp³-hybridized carbons (Fsp3) is 0.636. The average molecular weight is 178 g/mol. The molecule has 2 atom stereocenters. The molecule has 2 fully saturated rings. The number of hydrogen-bond acceptors (Lipinski definition) is 2. The molecule has 0 saturated heterocycles. The van der Waals surface area contributed by atoms with Crippen molar-refractivity contribution in [1.82, 2.24) is 0 Å². The third kappa shape index (κ3) is 0.869. The summed E-state index contributed by atoms with van der Waals surface area (Å²) in [5, 5.41) is 10.4. The number of aliphatic hydroxyl groups is 1. The third-order valence-corrected chi connectivity index (χ3v) is 3.77. The number of rotatable bonds is 1. The predicted octanol–water partition coefficient (Wildman–Crippen LogP) is 2.29. The first-order valence-corrected chi connectivity index (χ1v) is 5.08. The van der Waals surface area contributed by atoms with Crippen LogP contribution in [-0.4, -0.2) is 5.11 Å². The van der Waals surface area contributed by atoms with Crippen LogP contribution in [0.5, 0.6) is 0 Å². The summed E-state index contributed by atoms with van der Waals surface area (Å²) in [6, 6.07) is 1.90. The molecule has 0 amide bonds. The molecule has 0 radical (unpaired) electrons. The molecule has 1 heterocycles. The van der Waals surface area contributed by atoms with E-state index in [0.717, 1.165) is 5.56 Å². The fourth-order valence-corrected chi connectivity index (χ4v) is 3.01. The molecule has 1 N–H and O–H groups in total. The van der Waals surface area contributed by atoms with Gasteiger partial charge in [0.25, 0.3) is 0 Å². The number of fused-ring (bicyclic) bond motifs is 1. The summed E-state index contributed by atoms with van der Waals surface area (Å²) in [5.74, 6) is 1.03. The maximum absolute atomic E-state index is 10.4. The number of hydrogen-bond donors (Lipinski definition) is 1. The molecule has 2 heteroatoms. The largest absolute Gasteiger partial charge is 0.472 e. The van der Waals surface area contributed by atoms with Crippen molar-refractivity contribution in [3.63, 3.8) is 0 Å². The van der Waals surface area contributed by atoms with Gasteiger partial charge in [0.2, 0.25) is 0 Å². The van der Waals surface area contributed by atoms with Crippen molar-refractivity contribution < 1.29 is 9.52 Å². The van der Waals surface area contributed by atoms with Gasteiger partial charge in [0.05, 0.1) is 18.1 Å². The van der Waals surface area contributed by atoms with Gasteiger partial charge in [-0.1, -0.05) is 12.8 Å². The molecule has 0 bridgehead atoms. The van der Waals surface area contributed by atoms with Gasteiger partial charge in [-0.15, -0.1) is 0 Å². The minimum atomic E-state index is -0.524. The van der Waals surface area contributed by atoms with Crippen LogP contribution in [-0.2, 0) is 5.60 Å². The molecule has 0 aliphatic heterocycles. The van der Waals surface area contributed by atoms with Gasteiger partial charge in [-0.05, 0) is 30.7 Å². The lowest BCUT2D eigenvalue weighted by molar-refractivity contribution is 0.117. The molecular weight excluding hydrogens is 164 g/mol. The summed E-state index contributed by atoms with van der Waals surface area (Å²) >= 11 is 0. The van der Waals surface area contributed by atoms with Crippen molar-refractivity contribution >= 4 is 0 Å². The van der Waals surface area contributed by atoms with Crippen molar-refractivity contribution in [2.24, 2.45) is 11.8 Å². The van der Waals surface area contributed by atoms with Crippen LogP contribution in [0.15, 0.2) is 23.0 Å². The van der Waals surface area contributed by atoms with Gasteiger partial charge in [0.1, 0.15) is 0 Å². The third-order valence-electron chi connectivity index (χ3n) is 3.77. The van der Waals surface area contributed by atoms with Gasteiger partial charge < -0.3 is 9.52 Å². The molecule has 2 unspecified atom stereocenters. The van der Waals surface area contributed by atoms with Gasteiger partial charge in [0, 0.05) is 5.56 Å². The Morgan fingerprint density at radius 3 is 2.54 bits per heavy atom. The van der Waals surface area contributed by atoms with Gasteiger partial charge in [-0.2, -0.15) is 0 Å². The Morgan fingerprint density at radius 2 is 2.00 bits per heavy atom. The van der Waals surface area contributed by atoms with Crippen molar-refractivity contribution in [2.45, 2.75) is 31.3 Å². The normalized spacial score (nSPS) is 42.8. The Hall–Kier alpha value is -0.760. The maximum atomic E-state index is 10.4. The first-order chi connectivity index (χ1) is 6.33. The highest BCUT2D eigenvalue weighted by Crippen LogP contribution is 2.64. The van der Waals surface area contributed by atoms with E-state index in [1.54, 1.807) is 12.5 Å². The second-order valence-corrected chi connectivity index (χ2v) is 4.33. The van der Waals surface area contributed by atoms with Gasteiger partial charge in [-0.25, -0.2) is 0 Å². The molecule has 13 heavy (non-hydrogen) atoms. The Bertz CT molecular complexity index is 290. The molecular formula is C11H14O2. The molecule has 0 spiro atoms. The summed E-state index contributed by atoms with van der Waals surface area (Å²) < 4.78 is 5.03. The van der Waals surface area contributed by atoms with E-state index in [9.17, 15) is 5.11 Å². The molecule has 2 aliphatic rings. The summed E-state index contributed by atoms with van der Waals surface area (Å²) in [4.78, 5) is 0. The SMILES string of the molecule is OC1(c2ccoc2)C2CCCCC21. The zero-order valence-corrected chi connectivity index (χ0v) is 7.57.